The van der Waals surface area contributed by atoms with Gasteiger partial charge in [0.2, 0.25) is 10.0 Å². The predicted octanol–water partition coefficient (Wildman–Crippen LogP) is 3.81. The Morgan fingerprint density at radius 2 is 1.69 bits per heavy atom. The van der Waals surface area contributed by atoms with Gasteiger partial charge in [0.25, 0.3) is 0 Å². The van der Waals surface area contributed by atoms with E-state index >= 15 is 0 Å². The summed E-state index contributed by atoms with van der Waals surface area (Å²) in [6.45, 7) is 3.36. The lowest BCUT2D eigenvalue weighted by molar-refractivity contribution is -0.137. The summed E-state index contributed by atoms with van der Waals surface area (Å²) >= 11 is 0. The molecule has 0 unspecified atom stereocenters. The van der Waals surface area contributed by atoms with Gasteiger partial charge < -0.3 is 4.74 Å². The van der Waals surface area contributed by atoms with Crippen molar-refractivity contribution in [2.45, 2.75) is 68.8 Å². The lowest BCUT2D eigenvalue weighted by Gasteiger charge is -2.37. The van der Waals surface area contributed by atoms with E-state index in [0.29, 0.717) is 30.0 Å². The molecule has 0 radical (unpaired) electrons. The van der Waals surface area contributed by atoms with Gasteiger partial charge in [0.15, 0.2) is 0 Å². The molecule has 2 aliphatic rings. The van der Waals surface area contributed by atoms with Gasteiger partial charge >= 0.3 is 6.18 Å². The van der Waals surface area contributed by atoms with Gasteiger partial charge in [-0.1, -0.05) is 0 Å². The molecule has 0 aliphatic carbocycles. The number of aryl methyl sites for hydroxylation is 2. The zero-order valence-corrected chi connectivity index (χ0v) is 16.8. The van der Waals surface area contributed by atoms with Crippen LogP contribution in [-0.2, 0) is 16.2 Å². The number of piperidine rings is 1. The van der Waals surface area contributed by atoms with Crippen molar-refractivity contribution in [1.29, 1.82) is 0 Å². The number of alkyl halides is 3. The quantitative estimate of drug-likeness (QED) is 0.802. The van der Waals surface area contributed by atoms with Gasteiger partial charge in [-0.3, -0.25) is 5.10 Å². The minimum absolute atomic E-state index is 0.188. The number of sulfonamides is 1. The van der Waals surface area contributed by atoms with Crippen molar-refractivity contribution in [1.82, 2.24) is 14.5 Å². The van der Waals surface area contributed by atoms with Crippen LogP contribution < -0.4 is 4.74 Å². The first-order chi connectivity index (χ1) is 13.6. The molecule has 6 nitrogen and oxygen atoms in total. The number of hydrogen-bond acceptors (Lipinski definition) is 4. The van der Waals surface area contributed by atoms with Gasteiger partial charge in [-0.15, -0.1) is 0 Å². The van der Waals surface area contributed by atoms with Crippen LogP contribution in [0.1, 0.15) is 42.6 Å². The van der Waals surface area contributed by atoms with Crippen LogP contribution >= 0.6 is 0 Å². The van der Waals surface area contributed by atoms with Crippen molar-refractivity contribution in [2.24, 2.45) is 0 Å². The number of benzene rings is 1. The zero-order chi connectivity index (χ0) is 21.0. The van der Waals surface area contributed by atoms with Crippen molar-refractivity contribution in [2.75, 3.05) is 0 Å². The summed E-state index contributed by atoms with van der Waals surface area (Å²) in [6, 6.07) is 4.24. The van der Waals surface area contributed by atoms with Gasteiger partial charge in [-0.05, 0) is 51.0 Å². The summed E-state index contributed by atoms with van der Waals surface area (Å²) in [5.74, 6) is 0.361. The van der Waals surface area contributed by atoms with E-state index in [1.165, 1.54) is 12.1 Å². The topological polar surface area (TPSA) is 75.3 Å². The fourth-order valence-corrected chi connectivity index (χ4v) is 6.74. The molecular weight excluding hydrogens is 407 g/mol. The number of nitrogens with zero attached hydrogens (tertiary/aromatic N) is 2. The van der Waals surface area contributed by atoms with E-state index in [1.54, 1.807) is 18.2 Å². The van der Waals surface area contributed by atoms with Crippen LogP contribution in [0.5, 0.6) is 5.75 Å². The molecular formula is C19H22F3N3O3S. The maximum atomic E-state index is 13.3. The van der Waals surface area contributed by atoms with Crippen molar-refractivity contribution in [3.05, 3.63) is 41.2 Å². The Morgan fingerprint density at radius 3 is 2.17 bits per heavy atom. The highest BCUT2D eigenvalue weighted by molar-refractivity contribution is 7.89. The SMILES string of the molecule is Cc1n[nH]c(C)c1S(=O)(=O)N1[C@@H]2CC[C@H]1C[C@H](Oc1ccc(C(F)(F)F)cc1)C2. The van der Waals surface area contributed by atoms with Crippen LogP contribution in [0.2, 0.25) is 0 Å². The van der Waals surface area contributed by atoms with Gasteiger partial charge in [-0.25, -0.2) is 8.42 Å². The summed E-state index contributed by atoms with van der Waals surface area (Å²) in [5, 5.41) is 6.74. The molecule has 29 heavy (non-hydrogen) atoms. The van der Waals surface area contributed by atoms with Crippen molar-refractivity contribution >= 4 is 10.0 Å². The standard InChI is InChI=1S/C19H22F3N3O3S/c1-11-18(12(2)24-23-11)29(26,27)25-14-5-6-15(25)10-17(9-14)28-16-7-3-13(4-8-16)19(20,21)22/h3-4,7-8,14-15,17H,5-6,9-10H2,1-2H3,(H,23,24)/t14-,15+,17-. The lowest BCUT2D eigenvalue weighted by Crippen LogP contribution is -2.49. The van der Waals surface area contributed by atoms with E-state index < -0.39 is 21.8 Å². The van der Waals surface area contributed by atoms with Crippen molar-refractivity contribution in [3.8, 4) is 5.75 Å². The van der Waals surface area contributed by atoms with Crippen LogP contribution in [0.15, 0.2) is 29.2 Å². The summed E-state index contributed by atoms with van der Waals surface area (Å²) in [4.78, 5) is 0.233. The van der Waals surface area contributed by atoms with Gasteiger partial charge in [0, 0.05) is 24.9 Å². The molecule has 4 rings (SSSR count). The highest BCUT2D eigenvalue weighted by atomic mass is 32.2. The number of aromatic nitrogens is 2. The largest absolute Gasteiger partial charge is 0.490 e. The van der Waals surface area contributed by atoms with Crippen LogP contribution in [-0.4, -0.2) is 41.1 Å². The Bertz CT molecular complexity index is 968. The molecule has 2 fully saturated rings. The van der Waals surface area contributed by atoms with Crippen molar-refractivity contribution < 1.29 is 26.3 Å². The molecule has 2 saturated heterocycles. The highest BCUT2D eigenvalue weighted by Crippen LogP contribution is 2.42. The summed E-state index contributed by atoms with van der Waals surface area (Å²) in [5.41, 5.74) is 0.242. The second-order valence-corrected chi connectivity index (χ2v) is 9.50. The first kappa shape index (κ1) is 20.2. The number of fused-ring (bicyclic) bond motifs is 2. The molecule has 1 aromatic heterocycles. The zero-order valence-electron chi connectivity index (χ0n) is 16.0. The average molecular weight is 429 g/mol. The van der Waals surface area contributed by atoms with E-state index in [2.05, 4.69) is 10.2 Å². The Morgan fingerprint density at radius 1 is 1.10 bits per heavy atom. The highest BCUT2D eigenvalue weighted by Gasteiger charge is 2.49. The third-order valence-corrected chi connectivity index (χ3v) is 7.97. The molecule has 2 aliphatic heterocycles. The molecule has 0 amide bonds. The molecule has 158 valence electrons. The Labute approximate surface area is 167 Å². The molecule has 1 aromatic carbocycles. The van der Waals surface area contributed by atoms with Gasteiger partial charge in [-0.2, -0.15) is 22.6 Å². The Kier molecular flexibility index (Phi) is 4.89. The molecule has 3 atom stereocenters. The summed E-state index contributed by atoms with van der Waals surface area (Å²) in [7, 11) is -3.68. The number of aromatic amines is 1. The van der Waals surface area contributed by atoms with Crippen LogP contribution in [0.4, 0.5) is 13.2 Å². The average Bonchev–Trinajstić information content (AvgIpc) is 3.12. The van der Waals surface area contributed by atoms with Crippen LogP contribution in [0.3, 0.4) is 0 Å². The molecule has 10 heteroatoms. The first-order valence-corrected chi connectivity index (χ1v) is 10.9. The van der Waals surface area contributed by atoms with E-state index in [1.807, 2.05) is 0 Å². The van der Waals surface area contributed by atoms with Crippen molar-refractivity contribution in [3.63, 3.8) is 0 Å². The van der Waals surface area contributed by atoms with E-state index in [9.17, 15) is 21.6 Å². The third-order valence-electron chi connectivity index (χ3n) is 5.70. The molecule has 0 saturated carbocycles. The number of hydrogen-bond donors (Lipinski definition) is 1. The minimum Gasteiger partial charge on any atom is -0.490 e. The summed E-state index contributed by atoms with van der Waals surface area (Å²) in [6.07, 6.45) is -2.12. The molecule has 1 N–H and O–H groups in total. The second kappa shape index (κ2) is 7.02. The monoisotopic (exact) mass is 429 g/mol. The number of nitrogens with one attached hydrogen (secondary N) is 1. The number of rotatable bonds is 4. The molecule has 2 bridgehead atoms. The maximum absolute atomic E-state index is 13.3. The lowest BCUT2D eigenvalue weighted by atomic mass is 10.0. The van der Waals surface area contributed by atoms with Crippen LogP contribution in [0.25, 0.3) is 0 Å². The molecule has 2 aromatic rings. The fraction of sp³-hybridized carbons (Fsp3) is 0.526. The van der Waals surface area contributed by atoms with E-state index in [-0.39, 0.29) is 23.1 Å². The number of ether oxygens (including phenoxy) is 1. The smallest absolute Gasteiger partial charge is 0.416 e. The number of H-pyrrole nitrogens is 1. The van der Waals surface area contributed by atoms with Crippen LogP contribution in [0, 0.1) is 13.8 Å². The van der Waals surface area contributed by atoms with E-state index in [0.717, 1.165) is 25.0 Å². The predicted molar refractivity (Wildman–Crippen MR) is 99.0 cm³/mol. The fourth-order valence-electron chi connectivity index (χ4n) is 4.51. The van der Waals surface area contributed by atoms with Gasteiger partial charge in [0.1, 0.15) is 16.7 Å². The van der Waals surface area contributed by atoms with Gasteiger partial charge in [0.05, 0.1) is 17.0 Å². The second-order valence-electron chi connectivity index (χ2n) is 7.72. The number of halogens is 3. The first-order valence-electron chi connectivity index (χ1n) is 9.46. The summed E-state index contributed by atoms with van der Waals surface area (Å²) < 4.78 is 72.1. The molecule has 3 heterocycles. The van der Waals surface area contributed by atoms with E-state index in [4.69, 9.17) is 4.74 Å². The molecule has 0 spiro atoms. The Hall–Kier alpha value is -2.07. The maximum Gasteiger partial charge on any atom is 0.416 e. The minimum atomic E-state index is -4.39. The Balaban J connectivity index is 1.50. The third kappa shape index (κ3) is 3.63. The normalized spacial score (nSPS) is 25.3.